The summed E-state index contributed by atoms with van der Waals surface area (Å²) in [5.74, 6) is -0.0701. The average molecular weight is 348 g/mol. The molecule has 0 aliphatic rings. The van der Waals surface area contributed by atoms with Crippen molar-refractivity contribution >= 4 is 15.9 Å². The standard InChI is InChI=1S/C16H24BrF2N/c1-4-5-12(10-20-9-11(2)3)8-13-15(18)7-6-14(17)16(13)19/h6-7,11-12,20H,4-5,8-10H2,1-3H3. The van der Waals surface area contributed by atoms with Gasteiger partial charge in [0, 0.05) is 5.56 Å². The maximum atomic E-state index is 14.0. The van der Waals surface area contributed by atoms with E-state index in [1.54, 1.807) is 0 Å². The van der Waals surface area contributed by atoms with Crippen LogP contribution in [0, 0.1) is 23.5 Å². The highest BCUT2D eigenvalue weighted by molar-refractivity contribution is 9.10. The minimum Gasteiger partial charge on any atom is -0.316 e. The van der Waals surface area contributed by atoms with Gasteiger partial charge in [-0.3, -0.25) is 0 Å². The quantitative estimate of drug-likeness (QED) is 0.657. The van der Waals surface area contributed by atoms with Gasteiger partial charge in [-0.2, -0.15) is 0 Å². The molecule has 114 valence electrons. The molecule has 0 bridgehead atoms. The zero-order valence-corrected chi connectivity index (χ0v) is 14.1. The number of halogens is 3. The van der Waals surface area contributed by atoms with Crippen LogP contribution in [-0.2, 0) is 6.42 Å². The predicted octanol–water partition coefficient (Wildman–Crippen LogP) is 4.93. The van der Waals surface area contributed by atoms with E-state index in [1.807, 2.05) is 0 Å². The summed E-state index contributed by atoms with van der Waals surface area (Å²) in [6.45, 7) is 8.13. The van der Waals surface area contributed by atoms with Crippen LogP contribution in [-0.4, -0.2) is 13.1 Å². The van der Waals surface area contributed by atoms with Crippen molar-refractivity contribution in [3.05, 3.63) is 33.8 Å². The summed E-state index contributed by atoms with van der Waals surface area (Å²) in [5.41, 5.74) is 0.198. The Morgan fingerprint density at radius 3 is 2.50 bits per heavy atom. The Morgan fingerprint density at radius 1 is 1.20 bits per heavy atom. The van der Waals surface area contributed by atoms with Crippen LogP contribution in [0.5, 0.6) is 0 Å². The van der Waals surface area contributed by atoms with E-state index >= 15 is 0 Å². The number of benzene rings is 1. The Morgan fingerprint density at radius 2 is 1.90 bits per heavy atom. The van der Waals surface area contributed by atoms with E-state index in [1.165, 1.54) is 12.1 Å². The Bertz CT molecular complexity index is 421. The molecule has 0 spiro atoms. The summed E-state index contributed by atoms with van der Waals surface area (Å²) in [4.78, 5) is 0. The highest BCUT2D eigenvalue weighted by Gasteiger charge is 2.17. The van der Waals surface area contributed by atoms with Crippen molar-refractivity contribution in [1.82, 2.24) is 5.32 Å². The first-order chi connectivity index (χ1) is 9.45. The van der Waals surface area contributed by atoms with Crippen LogP contribution in [0.2, 0.25) is 0 Å². The number of nitrogens with one attached hydrogen (secondary N) is 1. The average Bonchev–Trinajstić information content (AvgIpc) is 2.38. The molecule has 1 N–H and O–H groups in total. The van der Waals surface area contributed by atoms with E-state index in [0.717, 1.165) is 25.9 Å². The lowest BCUT2D eigenvalue weighted by Gasteiger charge is -2.19. The van der Waals surface area contributed by atoms with Crippen molar-refractivity contribution in [2.24, 2.45) is 11.8 Å². The molecule has 0 fully saturated rings. The van der Waals surface area contributed by atoms with Crippen molar-refractivity contribution < 1.29 is 8.78 Å². The van der Waals surface area contributed by atoms with Crippen LogP contribution in [0.4, 0.5) is 8.78 Å². The summed E-state index contributed by atoms with van der Waals surface area (Å²) in [6, 6.07) is 2.74. The van der Waals surface area contributed by atoms with Gasteiger partial charge in [-0.1, -0.05) is 27.2 Å². The zero-order chi connectivity index (χ0) is 15.1. The molecule has 1 unspecified atom stereocenters. The third-order valence-corrected chi connectivity index (χ3v) is 3.93. The molecule has 0 saturated carbocycles. The smallest absolute Gasteiger partial charge is 0.143 e. The van der Waals surface area contributed by atoms with E-state index in [9.17, 15) is 8.78 Å². The van der Waals surface area contributed by atoms with Gasteiger partial charge in [0.2, 0.25) is 0 Å². The second-order valence-corrected chi connectivity index (χ2v) is 6.59. The fourth-order valence-corrected chi connectivity index (χ4v) is 2.68. The molecule has 0 aliphatic carbocycles. The molecule has 1 atom stereocenters. The normalized spacial score (nSPS) is 12.9. The summed E-state index contributed by atoms with van der Waals surface area (Å²) in [7, 11) is 0. The SMILES string of the molecule is CCCC(CNCC(C)C)Cc1c(F)ccc(Br)c1F. The number of hydrogen-bond donors (Lipinski definition) is 1. The Hall–Kier alpha value is -0.480. The monoisotopic (exact) mass is 347 g/mol. The molecule has 1 rings (SSSR count). The molecule has 4 heteroatoms. The predicted molar refractivity (Wildman–Crippen MR) is 83.9 cm³/mol. The molecule has 0 amide bonds. The topological polar surface area (TPSA) is 12.0 Å². The third-order valence-electron chi connectivity index (χ3n) is 3.31. The molecule has 1 aromatic rings. The summed E-state index contributed by atoms with van der Waals surface area (Å²) < 4.78 is 28.1. The van der Waals surface area contributed by atoms with Crippen LogP contribution in [0.15, 0.2) is 16.6 Å². The molecule has 0 aromatic heterocycles. The van der Waals surface area contributed by atoms with Crippen LogP contribution >= 0.6 is 15.9 Å². The molecule has 0 aliphatic heterocycles. The van der Waals surface area contributed by atoms with Gasteiger partial charge in [-0.15, -0.1) is 0 Å². The maximum Gasteiger partial charge on any atom is 0.143 e. The molecular weight excluding hydrogens is 324 g/mol. The molecule has 1 aromatic carbocycles. The van der Waals surface area contributed by atoms with Crippen LogP contribution in [0.1, 0.15) is 39.2 Å². The zero-order valence-electron chi connectivity index (χ0n) is 12.5. The second kappa shape index (κ2) is 8.73. The van der Waals surface area contributed by atoms with Gasteiger partial charge in [0.25, 0.3) is 0 Å². The molecule has 0 radical (unpaired) electrons. The van der Waals surface area contributed by atoms with Crippen LogP contribution in [0.3, 0.4) is 0 Å². The van der Waals surface area contributed by atoms with Gasteiger partial charge in [0.05, 0.1) is 4.47 Å². The molecule has 0 saturated heterocycles. The summed E-state index contributed by atoms with van der Waals surface area (Å²) in [5, 5.41) is 3.39. The van der Waals surface area contributed by atoms with E-state index < -0.39 is 11.6 Å². The van der Waals surface area contributed by atoms with E-state index in [-0.39, 0.29) is 11.5 Å². The molecule has 20 heavy (non-hydrogen) atoms. The number of hydrogen-bond acceptors (Lipinski definition) is 1. The second-order valence-electron chi connectivity index (χ2n) is 5.73. The van der Waals surface area contributed by atoms with Crippen molar-refractivity contribution in [3.63, 3.8) is 0 Å². The first-order valence-corrected chi connectivity index (χ1v) is 8.08. The Kier molecular flexibility index (Phi) is 7.67. The molecule has 0 heterocycles. The molecule has 1 nitrogen and oxygen atoms in total. The Balaban J connectivity index is 2.72. The van der Waals surface area contributed by atoms with Crippen molar-refractivity contribution in [2.45, 2.75) is 40.0 Å². The summed E-state index contributed by atoms with van der Waals surface area (Å²) >= 11 is 3.12. The van der Waals surface area contributed by atoms with Gasteiger partial charge in [0.15, 0.2) is 0 Å². The van der Waals surface area contributed by atoms with Crippen LogP contribution in [0.25, 0.3) is 0 Å². The highest BCUT2D eigenvalue weighted by atomic mass is 79.9. The fourth-order valence-electron chi connectivity index (χ4n) is 2.31. The highest BCUT2D eigenvalue weighted by Crippen LogP contribution is 2.25. The minimum absolute atomic E-state index is 0.198. The largest absolute Gasteiger partial charge is 0.316 e. The molecular formula is C16H24BrF2N. The van der Waals surface area contributed by atoms with Crippen molar-refractivity contribution in [2.75, 3.05) is 13.1 Å². The number of rotatable bonds is 8. The minimum atomic E-state index is -0.463. The maximum absolute atomic E-state index is 14.0. The third kappa shape index (κ3) is 5.49. The lowest BCUT2D eigenvalue weighted by Crippen LogP contribution is -2.28. The first-order valence-electron chi connectivity index (χ1n) is 7.28. The lowest BCUT2D eigenvalue weighted by atomic mass is 9.94. The van der Waals surface area contributed by atoms with Gasteiger partial charge in [0.1, 0.15) is 11.6 Å². The van der Waals surface area contributed by atoms with E-state index in [4.69, 9.17) is 0 Å². The van der Waals surface area contributed by atoms with E-state index in [2.05, 4.69) is 42.0 Å². The van der Waals surface area contributed by atoms with Gasteiger partial charge in [-0.05, 0) is 65.8 Å². The van der Waals surface area contributed by atoms with Crippen molar-refractivity contribution in [1.29, 1.82) is 0 Å². The van der Waals surface area contributed by atoms with Gasteiger partial charge >= 0.3 is 0 Å². The van der Waals surface area contributed by atoms with E-state index in [0.29, 0.717) is 16.8 Å². The van der Waals surface area contributed by atoms with Gasteiger partial charge < -0.3 is 5.32 Å². The van der Waals surface area contributed by atoms with Crippen LogP contribution < -0.4 is 5.32 Å². The van der Waals surface area contributed by atoms with Gasteiger partial charge in [-0.25, -0.2) is 8.78 Å². The lowest BCUT2D eigenvalue weighted by molar-refractivity contribution is 0.407. The summed E-state index contributed by atoms with van der Waals surface area (Å²) in [6.07, 6.45) is 2.43. The Labute approximate surface area is 129 Å². The first kappa shape index (κ1) is 17.6. The van der Waals surface area contributed by atoms with Crippen molar-refractivity contribution in [3.8, 4) is 0 Å². The fraction of sp³-hybridized carbons (Fsp3) is 0.625.